The van der Waals surface area contributed by atoms with Crippen LogP contribution < -0.4 is 14.4 Å². The quantitative estimate of drug-likeness (QED) is 0.0939. The molecular formula is C60H43NO7S. The lowest BCUT2D eigenvalue weighted by atomic mass is 9.67. The van der Waals surface area contributed by atoms with E-state index in [0.29, 0.717) is 39.8 Å². The number of rotatable bonds is 11. The van der Waals surface area contributed by atoms with Crippen LogP contribution in [0.5, 0.6) is 17.2 Å². The fourth-order valence-electron chi connectivity index (χ4n) is 9.86. The van der Waals surface area contributed by atoms with Crippen molar-refractivity contribution in [3.8, 4) is 28.4 Å². The zero-order chi connectivity index (χ0) is 47.4. The topological polar surface area (TPSA) is 107 Å². The molecule has 1 fully saturated rings. The molecule has 11 rings (SSSR count). The van der Waals surface area contributed by atoms with E-state index in [0.717, 1.165) is 22.3 Å². The number of carbonyl (C=O) groups excluding carboxylic acids is 3. The summed E-state index contributed by atoms with van der Waals surface area (Å²) in [6.45, 7) is 4.05. The maximum Gasteiger partial charge on any atom is 0.241 e. The second-order valence-electron chi connectivity index (χ2n) is 17.6. The summed E-state index contributed by atoms with van der Waals surface area (Å²) in [5, 5.41) is 0. The van der Waals surface area contributed by atoms with E-state index in [2.05, 4.69) is 79.7 Å². The number of imide groups is 1. The predicted octanol–water partition coefficient (Wildman–Crippen LogP) is 12.2. The molecule has 2 aliphatic carbocycles. The molecule has 0 saturated carbocycles. The van der Waals surface area contributed by atoms with Crippen molar-refractivity contribution >= 4 is 33.1 Å². The van der Waals surface area contributed by atoms with Crippen molar-refractivity contribution in [3.63, 3.8) is 0 Å². The number of hydrogen-bond acceptors (Lipinski definition) is 7. The van der Waals surface area contributed by atoms with Gasteiger partial charge in [-0.1, -0.05) is 126 Å². The number of nitrogens with zero attached hydrogens (tertiary/aromatic N) is 1. The molecule has 336 valence electrons. The molecule has 3 aliphatic rings. The molecule has 1 unspecified atom stereocenters. The smallest absolute Gasteiger partial charge is 0.241 e. The monoisotopic (exact) mass is 921 g/mol. The molecule has 0 aromatic heterocycles. The fraction of sp³-hybridized carbons (Fsp3) is 0.0833. The Morgan fingerprint density at radius 3 is 1.48 bits per heavy atom. The number of allylic oxidation sites excluding steroid dienone is 1. The van der Waals surface area contributed by atoms with Gasteiger partial charge in [-0.3, -0.25) is 14.4 Å². The summed E-state index contributed by atoms with van der Waals surface area (Å²) in [7, 11) is -3.90. The average Bonchev–Trinajstić information content (AvgIpc) is 3.82. The molecule has 1 heterocycles. The van der Waals surface area contributed by atoms with Gasteiger partial charge in [0.15, 0.2) is 5.78 Å². The highest BCUT2D eigenvalue weighted by Crippen LogP contribution is 2.56. The molecule has 0 radical (unpaired) electrons. The van der Waals surface area contributed by atoms with Crippen LogP contribution in [0.4, 0.5) is 5.69 Å². The third-order valence-corrected chi connectivity index (χ3v) is 15.2. The number of ether oxygens (including phenoxy) is 2. The van der Waals surface area contributed by atoms with Gasteiger partial charge >= 0.3 is 0 Å². The first-order valence-corrected chi connectivity index (χ1v) is 24.1. The zero-order valence-electron chi connectivity index (χ0n) is 37.6. The highest BCUT2D eigenvalue weighted by Gasteiger charge is 2.49. The summed E-state index contributed by atoms with van der Waals surface area (Å²) in [6.07, 6.45) is 5.03. The number of benzene rings is 8. The molecular weight excluding hydrogens is 879 g/mol. The van der Waals surface area contributed by atoms with Crippen molar-refractivity contribution in [2.75, 3.05) is 4.90 Å². The maximum absolute atomic E-state index is 14.1. The second kappa shape index (κ2) is 17.0. The second-order valence-corrected chi connectivity index (χ2v) is 19.6. The fourth-order valence-corrected chi connectivity index (χ4v) is 11.1. The molecule has 0 N–H and O–H groups in total. The number of amides is 2. The normalized spacial score (nSPS) is 16.6. The molecule has 9 heteroatoms. The molecule has 0 spiro atoms. The average molecular weight is 922 g/mol. The predicted molar refractivity (Wildman–Crippen MR) is 265 cm³/mol. The SMILES string of the molecule is Cc1ccc(C(=O)c2ccc(Oc3ccc(S(=O)(=O)c4ccc(OC5=CC6C(=O)N(c7ccc(C8(c9ccc(C)cc9)c9ccccc9-c9ccccc98)cc7)C(=O)[C@H]6C=C5)cc4)cc3)cc2)cc1. The van der Waals surface area contributed by atoms with Crippen molar-refractivity contribution < 1.29 is 32.3 Å². The van der Waals surface area contributed by atoms with Crippen molar-refractivity contribution in [3.05, 3.63) is 263 Å². The highest BCUT2D eigenvalue weighted by molar-refractivity contribution is 7.91. The van der Waals surface area contributed by atoms with Crippen LogP contribution in [-0.4, -0.2) is 26.0 Å². The summed E-state index contributed by atoms with van der Waals surface area (Å²) < 4.78 is 39.4. The Morgan fingerprint density at radius 1 is 0.507 bits per heavy atom. The number of carbonyl (C=O) groups is 3. The van der Waals surface area contributed by atoms with Gasteiger partial charge in [-0.2, -0.15) is 0 Å². The van der Waals surface area contributed by atoms with Crippen LogP contribution in [0.2, 0.25) is 0 Å². The van der Waals surface area contributed by atoms with Crippen LogP contribution in [0.25, 0.3) is 11.1 Å². The number of ketones is 1. The van der Waals surface area contributed by atoms with Gasteiger partial charge in [0.25, 0.3) is 0 Å². The minimum absolute atomic E-state index is 0.0648. The molecule has 2 atom stereocenters. The van der Waals surface area contributed by atoms with E-state index in [1.54, 1.807) is 78.9 Å². The van der Waals surface area contributed by atoms with Crippen molar-refractivity contribution in [1.29, 1.82) is 0 Å². The molecule has 1 aliphatic heterocycles. The van der Waals surface area contributed by atoms with Crippen LogP contribution in [-0.2, 0) is 24.8 Å². The lowest BCUT2D eigenvalue weighted by Crippen LogP contribution is -2.31. The van der Waals surface area contributed by atoms with Crippen molar-refractivity contribution in [2.24, 2.45) is 11.8 Å². The lowest BCUT2D eigenvalue weighted by molar-refractivity contribution is -0.122. The van der Waals surface area contributed by atoms with E-state index >= 15 is 0 Å². The van der Waals surface area contributed by atoms with Gasteiger partial charge in [0.2, 0.25) is 21.7 Å². The largest absolute Gasteiger partial charge is 0.458 e. The number of hydrogen-bond donors (Lipinski definition) is 0. The van der Waals surface area contributed by atoms with E-state index in [-0.39, 0.29) is 27.4 Å². The Bertz CT molecular complexity index is 3460. The van der Waals surface area contributed by atoms with Gasteiger partial charge in [0.05, 0.1) is 32.7 Å². The molecule has 8 aromatic carbocycles. The van der Waals surface area contributed by atoms with E-state index in [9.17, 15) is 22.8 Å². The first-order valence-electron chi connectivity index (χ1n) is 22.7. The summed E-state index contributed by atoms with van der Waals surface area (Å²) in [4.78, 5) is 42.3. The van der Waals surface area contributed by atoms with Gasteiger partial charge < -0.3 is 9.47 Å². The van der Waals surface area contributed by atoms with Crippen molar-refractivity contribution in [2.45, 2.75) is 29.1 Å². The van der Waals surface area contributed by atoms with Crippen LogP contribution >= 0.6 is 0 Å². The summed E-state index contributed by atoms with van der Waals surface area (Å²) in [6, 6.07) is 59.8. The Morgan fingerprint density at radius 2 is 0.942 bits per heavy atom. The Balaban J connectivity index is 0.770. The van der Waals surface area contributed by atoms with Crippen LogP contribution in [0.1, 0.15) is 49.3 Å². The van der Waals surface area contributed by atoms with Gasteiger partial charge in [-0.25, -0.2) is 13.3 Å². The molecule has 2 amide bonds. The number of sulfone groups is 1. The first-order chi connectivity index (χ1) is 33.5. The lowest BCUT2D eigenvalue weighted by Gasteiger charge is -2.34. The first kappa shape index (κ1) is 43.2. The number of fused-ring (bicyclic) bond motifs is 4. The van der Waals surface area contributed by atoms with E-state index in [1.807, 2.05) is 43.3 Å². The zero-order valence-corrected chi connectivity index (χ0v) is 38.4. The minimum Gasteiger partial charge on any atom is -0.458 e. The number of anilines is 1. The third kappa shape index (κ3) is 7.48. The molecule has 8 aromatic rings. The third-order valence-electron chi connectivity index (χ3n) is 13.4. The molecule has 1 saturated heterocycles. The standard InChI is InChI=1S/C60H43NO7S/c1-38-11-15-40(16-12-38)57(62)41-17-25-45(26-18-41)67-46-27-32-49(33-28-46)69(65,66)50-34-29-47(30-35-50)68-48-31-36-53-54(37-48)59(64)61(58(53)63)44-23-21-43(22-24-44)60(42-19-13-39(2)14-20-42)55-9-5-3-7-51(55)52-8-4-6-10-56(52)60/h3-37,53-54H,1-2H3/t53-,54?/m0/s1. The van der Waals surface area contributed by atoms with Gasteiger partial charge in [0, 0.05) is 11.1 Å². The molecule has 8 nitrogen and oxygen atoms in total. The number of aryl methyl sites for hydroxylation is 2. The van der Waals surface area contributed by atoms with Crippen LogP contribution in [0.15, 0.2) is 228 Å². The Labute approximate surface area is 400 Å². The minimum atomic E-state index is -3.90. The van der Waals surface area contributed by atoms with Gasteiger partial charge in [-0.05, 0) is 144 Å². The maximum atomic E-state index is 14.1. The molecule has 0 bridgehead atoms. The van der Waals surface area contributed by atoms with Gasteiger partial charge in [0.1, 0.15) is 23.0 Å². The van der Waals surface area contributed by atoms with Gasteiger partial charge in [-0.15, -0.1) is 0 Å². The Kier molecular flexibility index (Phi) is 10.7. The van der Waals surface area contributed by atoms with Crippen LogP contribution in [0, 0.1) is 25.7 Å². The van der Waals surface area contributed by atoms with Crippen molar-refractivity contribution in [1.82, 2.24) is 0 Å². The summed E-state index contributed by atoms with van der Waals surface area (Å²) >= 11 is 0. The molecule has 69 heavy (non-hydrogen) atoms. The van der Waals surface area contributed by atoms with E-state index in [4.69, 9.17) is 9.47 Å². The van der Waals surface area contributed by atoms with E-state index in [1.165, 1.54) is 51.4 Å². The Hall–Kier alpha value is -8.40. The summed E-state index contributed by atoms with van der Waals surface area (Å²) in [5.74, 6) is -0.571. The van der Waals surface area contributed by atoms with Crippen LogP contribution in [0.3, 0.4) is 0 Å². The highest BCUT2D eigenvalue weighted by atomic mass is 32.2. The van der Waals surface area contributed by atoms with E-state index < -0.39 is 27.1 Å². The summed E-state index contributed by atoms with van der Waals surface area (Å²) in [5.41, 5.74) is 10.1.